The molecule has 23 heavy (non-hydrogen) atoms. The minimum atomic E-state index is -0.787. The predicted molar refractivity (Wildman–Crippen MR) is 77.4 cm³/mol. The molecule has 0 spiro atoms. The number of hydrogen-bond donors (Lipinski definition) is 3. The standard InChI is InChI=1S/C13H17N5O5/c1-13(2)22-7-5(3-19)21-11(8(7)23-13)18-4-15-6-9(18)16-12(14)17-10(6)20/h4-5,7-8,11,19H,3H2,1-2H3,(H3,14,16,17,20)/t5-,7-,8?,11-/m1/s1. The van der Waals surface area contributed by atoms with Crippen molar-refractivity contribution in [3.05, 3.63) is 16.7 Å². The molecule has 0 radical (unpaired) electrons. The molecule has 0 amide bonds. The maximum absolute atomic E-state index is 11.9. The number of aliphatic hydroxyl groups is 1. The van der Waals surface area contributed by atoms with Gasteiger partial charge in [0.05, 0.1) is 12.9 Å². The predicted octanol–water partition coefficient (Wildman–Crippen LogP) is -0.888. The van der Waals surface area contributed by atoms with Crippen LogP contribution >= 0.6 is 0 Å². The maximum Gasteiger partial charge on any atom is 0.280 e. The first kappa shape index (κ1) is 14.6. The maximum atomic E-state index is 11.9. The average molecular weight is 323 g/mol. The van der Waals surface area contributed by atoms with E-state index in [-0.39, 0.29) is 18.1 Å². The second-order valence-electron chi connectivity index (χ2n) is 6.09. The summed E-state index contributed by atoms with van der Waals surface area (Å²) in [5.41, 5.74) is 5.63. The molecule has 0 bridgehead atoms. The molecule has 4 N–H and O–H groups in total. The highest BCUT2D eigenvalue weighted by molar-refractivity contribution is 5.70. The highest BCUT2D eigenvalue weighted by atomic mass is 16.8. The number of anilines is 1. The first-order chi connectivity index (χ1) is 10.9. The van der Waals surface area contributed by atoms with E-state index in [1.807, 2.05) is 0 Å². The van der Waals surface area contributed by atoms with Crippen molar-refractivity contribution in [2.75, 3.05) is 12.3 Å². The van der Waals surface area contributed by atoms with Gasteiger partial charge in [0.1, 0.15) is 18.3 Å². The molecule has 4 rings (SSSR count). The number of H-pyrrole nitrogens is 1. The Bertz CT molecular complexity index is 815. The minimum Gasteiger partial charge on any atom is -0.394 e. The number of aromatic nitrogens is 4. The minimum absolute atomic E-state index is 0.0126. The van der Waals surface area contributed by atoms with Gasteiger partial charge in [-0.25, -0.2) is 4.98 Å². The number of nitrogen functional groups attached to an aromatic ring is 1. The van der Waals surface area contributed by atoms with Gasteiger partial charge in [-0.2, -0.15) is 4.98 Å². The molecule has 2 aromatic heterocycles. The van der Waals surface area contributed by atoms with Gasteiger partial charge in [0, 0.05) is 0 Å². The number of aliphatic hydroxyl groups excluding tert-OH is 1. The number of nitrogens with zero attached hydrogens (tertiary/aromatic N) is 3. The Labute approximate surface area is 130 Å². The van der Waals surface area contributed by atoms with Gasteiger partial charge in [0.2, 0.25) is 5.95 Å². The Kier molecular flexibility index (Phi) is 3.00. The zero-order chi connectivity index (χ0) is 16.4. The van der Waals surface area contributed by atoms with Gasteiger partial charge >= 0.3 is 0 Å². The fourth-order valence-corrected chi connectivity index (χ4v) is 3.16. The monoisotopic (exact) mass is 323 g/mol. The van der Waals surface area contributed by atoms with E-state index in [1.54, 1.807) is 18.4 Å². The molecule has 2 saturated heterocycles. The van der Waals surface area contributed by atoms with E-state index in [4.69, 9.17) is 19.9 Å². The lowest BCUT2D eigenvalue weighted by molar-refractivity contribution is -0.199. The molecule has 0 aromatic carbocycles. The fraction of sp³-hybridized carbons (Fsp3) is 0.615. The second kappa shape index (κ2) is 4.74. The number of imidazole rings is 1. The van der Waals surface area contributed by atoms with Crippen LogP contribution in [0.1, 0.15) is 20.1 Å². The Morgan fingerprint density at radius 2 is 2.17 bits per heavy atom. The van der Waals surface area contributed by atoms with Crippen molar-refractivity contribution in [1.82, 2.24) is 19.5 Å². The molecule has 1 unspecified atom stereocenters. The van der Waals surface area contributed by atoms with Crippen molar-refractivity contribution in [2.24, 2.45) is 0 Å². The van der Waals surface area contributed by atoms with E-state index in [0.29, 0.717) is 5.65 Å². The summed E-state index contributed by atoms with van der Waals surface area (Å²) in [5, 5.41) is 9.52. The SMILES string of the molecule is CC1(C)OC2[C@H](n3cnc4c(=O)[nH]c(N)nc43)O[C@H](CO)[C@H]2O1. The molecule has 4 heterocycles. The van der Waals surface area contributed by atoms with E-state index < -0.39 is 35.9 Å². The second-order valence-corrected chi connectivity index (χ2v) is 6.09. The summed E-state index contributed by atoms with van der Waals surface area (Å²) in [6, 6.07) is 0. The van der Waals surface area contributed by atoms with E-state index in [2.05, 4.69) is 15.0 Å². The molecule has 10 heteroatoms. The number of fused-ring (bicyclic) bond motifs is 2. The van der Waals surface area contributed by atoms with Crippen molar-refractivity contribution >= 4 is 17.1 Å². The number of hydrogen-bond acceptors (Lipinski definition) is 8. The van der Waals surface area contributed by atoms with Crippen LogP contribution in [0.3, 0.4) is 0 Å². The van der Waals surface area contributed by atoms with Crippen LogP contribution in [0.2, 0.25) is 0 Å². The smallest absolute Gasteiger partial charge is 0.280 e. The lowest BCUT2D eigenvalue weighted by atomic mass is 10.1. The Balaban J connectivity index is 1.80. The quantitative estimate of drug-likeness (QED) is 0.647. The fourth-order valence-electron chi connectivity index (χ4n) is 3.16. The molecule has 0 saturated carbocycles. The van der Waals surface area contributed by atoms with Crippen molar-refractivity contribution in [2.45, 2.75) is 44.2 Å². The zero-order valence-corrected chi connectivity index (χ0v) is 12.6. The van der Waals surface area contributed by atoms with Crippen LogP contribution < -0.4 is 11.3 Å². The molecule has 2 aliphatic heterocycles. The molecule has 4 atom stereocenters. The van der Waals surface area contributed by atoms with Crippen LogP contribution in [-0.2, 0) is 14.2 Å². The van der Waals surface area contributed by atoms with Gasteiger partial charge in [0.15, 0.2) is 23.2 Å². The van der Waals surface area contributed by atoms with E-state index in [1.165, 1.54) is 6.33 Å². The molecule has 2 fully saturated rings. The summed E-state index contributed by atoms with van der Waals surface area (Å²) in [7, 11) is 0. The van der Waals surface area contributed by atoms with Crippen LogP contribution in [0.15, 0.2) is 11.1 Å². The number of ether oxygens (including phenoxy) is 3. The molecule has 0 aliphatic carbocycles. The molecule has 2 aromatic rings. The summed E-state index contributed by atoms with van der Waals surface area (Å²) in [5.74, 6) is -0.799. The van der Waals surface area contributed by atoms with Gasteiger partial charge in [0.25, 0.3) is 5.56 Å². The Morgan fingerprint density at radius 1 is 1.43 bits per heavy atom. The van der Waals surface area contributed by atoms with Crippen LogP contribution in [0, 0.1) is 0 Å². The third kappa shape index (κ3) is 2.14. The van der Waals surface area contributed by atoms with E-state index in [9.17, 15) is 9.90 Å². The van der Waals surface area contributed by atoms with Crippen LogP contribution in [0.4, 0.5) is 5.95 Å². The van der Waals surface area contributed by atoms with E-state index >= 15 is 0 Å². The van der Waals surface area contributed by atoms with Crippen molar-refractivity contribution in [1.29, 1.82) is 0 Å². The van der Waals surface area contributed by atoms with Crippen LogP contribution in [0.5, 0.6) is 0 Å². The van der Waals surface area contributed by atoms with Crippen LogP contribution in [-0.4, -0.2) is 55.3 Å². The zero-order valence-electron chi connectivity index (χ0n) is 12.6. The lowest BCUT2D eigenvalue weighted by Gasteiger charge is -2.24. The molecule has 10 nitrogen and oxygen atoms in total. The topological polar surface area (TPSA) is 138 Å². The molecule has 124 valence electrons. The summed E-state index contributed by atoms with van der Waals surface area (Å²) in [6.07, 6.45) is -0.595. The number of nitrogens with two attached hydrogens (primary N) is 1. The molecule has 2 aliphatic rings. The third-order valence-electron chi connectivity index (χ3n) is 4.03. The number of rotatable bonds is 2. The van der Waals surface area contributed by atoms with Gasteiger partial charge < -0.3 is 25.1 Å². The van der Waals surface area contributed by atoms with E-state index in [0.717, 1.165) is 0 Å². The summed E-state index contributed by atoms with van der Waals surface area (Å²) in [6.45, 7) is 3.38. The lowest BCUT2D eigenvalue weighted by Crippen LogP contribution is -2.31. The first-order valence-corrected chi connectivity index (χ1v) is 7.24. The average Bonchev–Trinajstić information content (AvgIpc) is 3.09. The Hall–Kier alpha value is -2.01. The van der Waals surface area contributed by atoms with Gasteiger partial charge in [-0.15, -0.1) is 0 Å². The number of nitrogens with one attached hydrogen (secondary N) is 1. The van der Waals surface area contributed by atoms with Crippen molar-refractivity contribution in [3.8, 4) is 0 Å². The van der Waals surface area contributed by atoms with Crippen molar-refractivity contribution in [3.63, 3.8) is 0 Å². The largest absolute Gasteiger partial charge is 0.394 e. The highest BCUT2D eigenvalue weighted by Gasteiger charge is 2.55. The van der Waals surface area contributed by atoms with Crippen molar-refractivity contribution < 1.29 is 19.3 Å². The van der Waals surface area contributed by atoms with Gasteiger partial charge in [-0.3, -0.25) is 14.3 Å². The van der Waals surface area contributed by atoms with Crippen LogP contribution in [0.25, 0.3) is 11.2 Å². The Morgan fingerprint density at radius 3 is 2.91 bits per heavy atom. The molecular formula is C13H17N5O5. The third-order valence-corrected chi connectivity index (χ3v) is 4.03. The summed E-state index contributed by atoms with van der Waals surface area (Å²) in [4.78, 5) is 22.5. The summed E-state index contributed by atoms with van der Waals surface area (Å²) >= 11 is 0. The van der Waals surface area contributed by atoms with Gasteiger partial charge in [-0.05, 0) is 13.8 Å². The normalized spacial score (nSPS) is 32.5. The summed E-state index contributed by atoms with van der Waals surface area (Å²) < 4.78 is 19.1. The first-order valence-electron chi connectivity index (χ1n) is 7.24. The van der Waals surface area contributed by atoms with Gasteiger partial charge in [-0.1, -0.05) is 0 Å². The highest BCUT2D eigenvalue weighted by Crippen LogP contribution is 2.43. The number of aromatic amines is 1. The molecular weight excluding hydrogens is 306 g/mol.